The predicted octanol–water partition coefficient (Wildman–Crippen LogP) is 5.69. The molecule has 1 unspecified atom stereocenters. The third kappa shape index (κ3) is 1.97. The second-order valence-electron chi connectivity index (χ2n) is 7.86. The highest BCUT2D eigenvalue weighted by Crippen LogP contribution is 2.54. The van der Waals surface area contributed by atoms with Crippen molar-refractivity contribution in [3.63, 3.8) is 0 Å². The maximum absolute atomic E-state index is 13.6. The average molecular weight is 434 g/mol. The third-order valence-electron chi connectivity index (χ3n) is 6.53. The second-order valence-corrected chi connectivity index (χ2v) is 8.78. The third-order valence-corrected chi connectivity index (χ3v) is 7.05. The zero-order valence-electron chi connectivity index (χ0n) is 15.4. The number of urea groups is 1. The maximum Gasteiger partial charge on any atom is 0.330 e. The molecule has 1 saturated heterocycles. The van der Waals surface area contributed by atoms with Gasteiger partial charge in [-0.2, -0.15) is 0 Å². The number of aromatic amines is 1. The molecule has 2 aromatic carbocycles. The van der Waals surface area contributed by atoms with Gasteiger partial charge in [-0.1, -0.05) is 40.2 Å². The van der Waals surface area contributed by atoms with Crippen molar-refractivity contribution in [2.24, 2.45) is 0 Å². The van der Waals surface area contributed by atoms with Crippen molar-refractivity contribution in [3.8, 4) is 0 Å². The van der Waals surface area contributed by atoms with Gasteiger partial charge < -0.3 is 9.88 Å². The number of carbonyl (C=O) groups is 1. The summed E-state index contributed by atoms with van der Waals surface area (Å²) in [5, 5.41) is 1.30. The summed E-state index contributed by atoms with van der Waals surface area (Å²) in [7, 11) is 0. The molecule has 1 atom stereocenters. The van der Waals surface area contributed by atoms with Crippen molar-refractivity contribution in [2.45, 2.75) is 31.2 Å². The largest absolute Gasteiger partial charge is 0.356 e. The van der Waals surface area contributed by atoms with Gasteiger partial charge in [0.25, 0.3) is 0 Å². The number of anilines is 1. The molecule has 1 aliphatic carbocycles. The van der Waals surface area contributed by atoms with Gasteiger partial charge in [-0.3, -0.25) is 4.90 Å². The fourth-order valence-electron chi connectivity index (χ4n) is 5.38. The molecule has 3 aromatic rings. The Morgan fingerprint density at radius 1 is 1.07 bits per heavy atom. The van der Waals surface area contributed by atoms with Gasteiger partial charge in [0.05, 0.1) is 17.1 Å². The number of hydrogen-bond acceptors (Lipinski definition) is 1. The Kier molecular flexibility index (Phi) is 3.37. The van der Waals surface area contributed by atoms with Crippen LogP contribution in [0.5, 0.6) is 0 Å². The molecule has 3 heterocycles. The standard InChI is InChI=1S/C23H20BrN3O/c24-15-8-10-16(11-9-15)27-20-7-3-4-13-23(20)21-18(12-14-26(23)22(27)28)17-5-1-2-6-19(17)25-21/h1-2,5-11,25H,3-4,12-14H2. The molecule has 1 spiro atoms. The molecule has 1 fully saturated rings. The van der Waals surface area contributed by atoms with Crippen molar-refractivity contribution >= 4 is 38.6 Å². The van der Waals surface area contributed by atoms with Gasteiger partial charge in [0.2, 0.25) is 0 Å². The highest BCUT2D eigenvalue weighted by Gasteiger charge is 2.58. The molecule has 0 saturated carbocycles. The highest BCUT2D eigenvalue weighted by atomic mass is 79.9. The van der Waals surface area contributed by atoms with Crippen LogP contribution in [0.25, 0.3) is 10.9 Å². The first-order valence-corrected chi connectivity index (χ1v) is 10.7. The van der Waals surface area contributed by atoms with Crippen LogP contribution in [0.4, 0.5) is 10.5 Å². The van der Waals surface area contributed by atoms with E-state index in [1.165, 1.54) is 22.2 Å². The lowest BCUT2D eigenvalue weighted by Gasteiger charge is -2.43. The number of H-pyrrole nitrogens is 1. The summed E-state index contributed by atoms with van der Waals surface area (Å²) in [6, 6.07) is 16.7. The van der Waals surface area contributed by atoms with E-state index in [0.29, 0.717) is 0 Å². The number of allylic oxidation sites excluding steroid dienone is 1. The number of para-hydroxylation sites is 1. The lowest BCUT2D eigenvalue weighted by atomic mass is 9.76. The minimum absolute atomic E-state index is 0.0970. The van der Waals surface area contributed by atoms with Crippen molar-refractivity contribution in [1.29, 1.82) is 0 Å². The number of benzene rings is 2. The fourth-order valence-corrected chi connectivity index (χ4v) is 5.64. The van der Waals surface area contributed by atoms with Crippen LogP contribution in [0.3, 0.4) is 0 Å². The molecule has 2 aliphatic heterocycles. The number of fused-ring (bicyclic) bond motifs is 3. The van der Waals surface area contributed by atoms with E-state index < -0.39 is 0 Å². The van der Waals surface area contributed by atoms with E-state index in [1.54, 1.807) is 0 Å². The van der Waals surface area contributed by atoms with Gasteiger partial charge in [-0.25, -0.2) is 4.79 Å². The minimum atomic E-state index is -0.366. The van der Waals surface area contributed by atoms with E-state index in [9.17, 15) is 4.79 Å². The Labute approximate surface area is 172 Å². The first-order valence-electron chi connectivity index (χ1n) is 9.88. The fraction of sp³-hybridized carbons (Fsp3) is 0.261. The number of rotatable bonds is 1. The Morgan fingerprint density at radius 3 is 2.75 bits per heavy atom. The molecule has 2 amide bonds. The molecule has 4 nitrogen and oxygen atoms in total. The van der Waals surface area contributed by atoms with Gasteiger partial charge in [0.15, 0.2) is 0 Å². The van der Waals surface area contributed by atoms with Crippen molar-refractivity contribution in [1.82, 2.24) is 9.88 Å². The number of hydrogen-bond donors (Lipinski definition) is 1. The summed E-state index contributed by atoms with van der Waals surface area (Å²) >= 11 is 3.51. The zero-order chi connectivity index (χ0) is 18.9. The molecule has 5 heteroatoms. The normalized spacial score (nSPS) is 23.5. The van der Waals surface area contributed by atoms with Crippen molar-refractivity contribution < 1.29 is 4.79 Å². The summed E-state index contributed by atoms with van der Waals surface area (Å²) < 4.78 is 1.02. The van der Waals surface area contributed by atoms with Gasteiger partial charge in [0, 0.05) is 21.9 Å². The van der Waals surface area contributed by atoms with Crippen molar-refractivity contribution in [3.05, 3.63) is 76.0 Å². The van der Waals surface area contributed by atoms with Gasteiger partial charge >= 0.3 is 6.03 Å². The molecule has 0 radical (unpaired) electrons. The van der Waals surface area contributed by atoms with E-state index in [-0.39, 0.29) is 11.6 Å². The first kappa shape index (κ1) is 16.4. The molecular formula is C23H20BrN3O. The van der Waals surface area contributed by atoms with Crippen LogP contribution in [0.1, 0.15) is 30.5 Å². The maximum atomic E-state index is 13.6. The summed E-state index contributed by atoms with van der Waals surface area (Å²) in [6.07, 6.45) is 6.26. The van der Waals surface area contributed by atoms with Gasteiger partial charge in [-0.05, 0) is 61.6 Å². The van der Waals surface area contributed by atoms with Crippen LogP contribution in [0, 0.1) is 0 Å². The zero-order valence-corrected chi connectivity index (χ0v) is 17.0. The quantitative estimate of drug-likeness (QED) is 0.525. The predicted molar refractivity (Wildman–Crippen MR) is 114 cm³/mol. The Bertz CT molecular complexity index is 1150. The van der Waals surface area contributed by atoms with Crippen LogP contribution < -0.4 is 4.90 Å². The molecular weight excluding hydrogens is 414 g/mol. The molecule has 140 valence electrons. The number of aromatic nitrogens is 1. The summed E-state index contributed by atoms with van der Waals surface area (Å²) in [5.41, 5.74) is 5.47. The molecule has 6 rings (SSSR count). The summed E-state index contributed by atoms with van der Waals surface area (Å²) in [6.45, 7) is 0.762. The van der Waals surface area contributed by atoms with E-state index >= 15 is 0 Å². The molecule has 0 bridgehead atoms. The lowest BCUT2D eigenvalue weighted by Crippen LogP contribution is -2.49. The van der Waals surface area contributed by atoms with E-state index in [0.717, 1.165) is 48.1 Å². The Balaban J connectivity index is 1.60. The smallest absolute Gasteiger partial charge is 0.330 e. The van der Waals surface area contributed by atoms with Crippen molar-refractivity contribution in [2.75, 3.05) is 11.4 Å². The summed E-state index contributed by atoms with van der Waals surface area (Å²) in [5.74, 6) is 0. The molecule has 1 aromatic heterocycles. The van der Waals surface area contributed by atoms with Gasteiger partial charge in [0.1, 0.15) is 5.54 Å². The van der Waals surface area contributed by atoms with Crippen LogP contribution in [0.15, 0.2) is 64.8 Å². The Hall–Kier alpha value is -2.53. The minimum Gasteiger partial charge on any atom is -0.356 e. The molecule has 3 aliphatic rings. The van der Waals surface area contributed by atoms with Crippen LogP contribution in [-0.2, 0) is 12.0 Å². The first-order chi connectivity index (χ1) is 13.7. The SMILES string of the molecule is O=C1N(c2ccc(Br)cc2)C2=CCCCC23c2[nH]c4ccccc4c2CCN13. The van der Waals surface area contributed by atoms with Crippen LogP contribution >= 0.6 is 15.9 Å². The number of nitrogens with one attached hydrogen (secondary N) is 1. The van der Waals surface area contributed by atoms with E-state index in [1.807, 2.05) is 29.2 Å². The average Bonchev–Trinajstić information content (AvgIpc) is 3.22. The number of carbonyl (C=O) groups excluding carboxylic acids is 1. The number of amides is 2. The monoisotopic (exact) mass is 433 g/mol. The molecule has 1 N–H and O–H groups in total. The van der Waals surface area contributed by atoms with Crippen LogP contribution in [-0.4, -0.2) is 22.5 Å². The highest BCUT2D eigenvalue weighted by molar-refractivity contribution is 9.10. The number of nitrogens with zero attached hydrogens (tertiary/aromatic N) is 2. The van der Waals surface area contributed by atoms with E-state index in [4.69, 9.17) is 0 Å². The Morgan fingerprint density at radius 2 is 1.89 bits per heavy atom. The topological polar surface area (TPSA) is 39.3 Å². The van der Waals surface area contributed by atoms with E-state index in [2.05, 4.69) is 56.2 Å². The number of halogens is 1. The lowest BCUT2D eigenvalue weighted by molar-refractivity contribution is 0.142. The second kappa shape index (κ2) is 5.74. The van der Waals surface area contributed by atoms with Crippen LogP contribution in [0.2, 0.25) is 0 Å². The molecule has 28 heavy (non-hydrogen) atoms. The van der Waals surface area contributed by atoms with Gasteiger partial charge in [-0.15, -0.1) is 0 Å². The summed E-state index contributed by atoms with van der Waals surface area (Å²) in [4.78, 5) is 21.4.